The van der Waals surface area contributed by atoms with E-state index >= 15 is 0 Å². The molecular weight excluding hydrogens is 210 g/mol. The Morgan fingerprint density at radius 3 is 3.06 bits per heavy atom. The highest BCUT2D eigenvalue weighted by Crippen LogP contribution is 2.27. The number of nitriles is 1. The Kier molecular flexibility index (Phi) is 3.43. The van der Waals surface area contributed by atoms with Crippen LogP contribution in [-0.4, -0.2) is 11.5 Å². The first-order valence-corrected chi connectivity index (χ1v) is 6.00. The number of rotatable bonds is 2. The second-order valence-corrected chi connectivity index (χ2v) is 4.80. The largest absolute Gasteiger partial charge is 0.370 e. The number of aromatic nitrogens is 1. The van der Waals surface area contributed by atoms with Gasteiger partial charge in [-0.2, -0.15) is 5.26 Å². The van der Waals surface area contributed by atoms with Crippen molar-refractivity contribution in [3.8, 4) is 6.07 Å². The van der Waals surface area contributed by atoms with Crippen LogP contribution < -0.4 is 5.32 Å². The second kappa shape index (κ2) is 5.01. The Bertz CT molecular complexity index is 469. The lowest BCUT2D eigenvalue weighted by molar-refractivity contribution is 0.392. The van der Waals surface area contributed by atoms with E-state index < -0.39 is 0 Å². The van der Waals surface area contributed by atoms with Crippen LogP contribution in [0, 0.1) is 23.2 Å². The summed E-state index contributed by atoms with van der Waals surface area (Å²) in [6.07, 6.45) is 4.28. The Hall–Kier alpha value is -1.82. The fourth-order valence-electron chi connectivity index (χ4n) is 2.09. The average molecular weight is 227 g/mol. The lowest BCUT2D eigenvalue weighted by Gasteiger charge is -2.28. The molecule has 3 heteroatoms. The molecule has 0 spiro atoms. The fraction of sp³-hybridized carbons (Fsp3) is 0.429. The molecule has 2 heterocycles. The third kappa shape index (κ3) is 2.65. The molecule has 1 aliphatic rings. The Balaban J connectivity index is 2.20. The lowest BCUT2D eigenvalue weighted by atomic mass is 9.87. The van der Waals surface area contributed by atoms with Gasteiger partial charge >= 0.3 is 0 Å². The Morgan fingerprint density at radius 1 is 1.53 bits per heavy atom. The maximum atomic E-state index is 8.48. The average Bonchev–Trinajstić information content (AvgIpc) is 2.35. The molecule has 3 nitrogen and oxygen atoms in total. The summed E-state index contributed by atoms with van der Waals surface area (Å²) in [5, 5.41) is 11.9. The highest BCUT2D eigenvalue weighted by Gasteiger charge is 2.21. The number of nitrogens with zero attached hydrogens (tertiary/aromatic N) is 2. The Labute approximate surface area is 102 Å². The maximum absolute atomic E-state index is 8.48. The molecule has 17 heavy (non-hydrogen) atoms. The van der Waals surface area contributed by atoms with Crippen LogP contribution in [0.3, 0.4) is 0 Å². The van der Waals surface area contributed by atoms with Crippen molar-refractivity contribution >= 4 is 11.9 Å². The standard InChI is InChI=1S/C14H17N3/c1-10(2)12-8-11-5-6-13(4-3-7-15)17-14(11)16-9-12/h3-6,10,12H,8-9H2,1-2H3,(H,16,17)/b4-3+. The molecule has 0 aromatic carbocycles. The molecule has 1 unspecified atom stereocenters. The predicted octanol–water partition coefficient (Wildman–Crippen LogP) is 2.86. The van der Waals surface area contributed by atoms with Gasteiger partial charge in [0.25, 0.3) is 0 Å². The normalized spacial score (nSPS) is 18.8. The second-order valence-electron chi connectivity index (χ2n) is 4.80. The first-order valence-electron chi connectivity index (χ1n) is 6.00. The molecule has 0 fully saturated rings. The quantitative estimate of drug-likeness (QED) is 0.790. The topological polar surface area (TPSA) is 48.7 Å². The number of fused-ring (bicyclic) bond motifs is 1. The van der Waals surface area contributed by atoms with Crippen LogP contribution in [0.5, 0.6) is 0 Å². The van der Waals surface area contributed by atoms with Crippen LogP contribution in [0.15, 0.2) is 18.2 Å². The van der Waals surface area contributed by atoms with Crippen LogP contribution in [0.4, 0.5) is 5.82 Å². The Morgan fingerprint density at radius 2 is 2.35 bits per heavy atom. The van der Waals surface area contributed by atoms with Crippen LogP contribution in [0.2, 0.25) is 0 Å². The van der Waals surface area contributed by atoms with E-state index in [1.165, 1.54) is 11.6 Å². The van der Waals surface area contributed by atoms with E-state index in [-0.39, 0.29) is 0 Å². The molecule has 0 aliphatic carbocycles. The minimum Gasteiger partial charge on any atom is -0.370 e. The molecular formula is C14H17N3. The SMILES string of the molecule is CC(C)C1CNc2nc(/C=C/C#N)ccc2C1. The van der Waals surface area contributed by atoms with Crippen molar-refractivity contribution in [2.24, 2.45) is 11.8 Å². The van der Waals surface area contributed by atoms with Gasteiger partial charge in [0.05, 0.1) is 11.8 Å². The minimum absolute atomic E-state index is 0.685. The van der Waals surface area contributed by atoms with E-state index in [1.807, 2.05) is 12.1 Å². The van der Waals surface area contributed by atoms with Crippen LogP contribution in [0.1, 0.15) is 25.1 Å². The molecule has 2 rings (SSSR count). The van der Waals surface area contributed by atoms with Gasteiger partial charge in [0.15, 0.2) is 0 Å². The van der Waals surface area contributed by atoms with Crippen molar-refractivity contribution in [1.82, 2.24) is 4.98 Å². The molecule has 1 aromatic heterocycles. The highest BCUT2D eigenvalue weighted by atomic mass is 15.0. The smallest absolute Gasteiger partial charge is 0.129 e. The molecule has 88 valence electrons. The first-order chi connectivity index (χ1) is 8.20. The van der Waals surface area contributed by atoms with Gasteiger partial charge in [-0.15, -0.1) is 0 Å². The molecule has 1 aliphatic heterocycles. The third-order valence-electron chi connectivity index (χ3n) is 3.29. The number of pyridine rings is 1. The van der Waals surface area contributed by atoms with E-state index in [9.17, 15) is 0 Å². The van der Waals surface area contributed by atoms with Gasteiger partial charge in [0.2, 0.25) is 0 Å². The van der Waals surface area contributed by atoms with Gasteiger partial charge < -0.3 is 5.32 Å². The molecule has 0 bridgehead atoms. The summed E-state index contributed by atoms with van der Waals surface area (Å²) in [5.74, 6) is 2.35. The monoisotopic (exact) mass is 227 g/mol. The van der Waals surface area contributed by atoms with Gasteiger partial charge in [-0.25, -0.2) is 4.98 Å². The zero-order valence-electron chi connectivity index (χ0n) is 10.3. The number of anilines is 1. The first kappa shape index (κ1) is 11.7. The van der Waals surface area contributed by atoms with Gasteiger partial charge in [-0.1, -0.05) is 19.9 Å². The van der Waals surface area contributed by atoms with E-state index in [0.717, 1.165) is 24.5 Å². The molecule has 0 amide bonds. The summed E-state index contributed by atoms with van der Waals surface area (Å²) in [5.41, 5.74) is 2.12. The summed E-state index contributed by atoms with van der Waals surface area (Å²) in [4.78, 5) is 4.50. The number of allylic oxidation sites excluding steroid dienone is 1. The van der Waals surface area contributed by atoms with Crippen LogP contribution >= 0.6 is 0 Å². The van der Waals surface area contributed by atoms with E-state index in [2.05, 4.69) is 30.2 Å². The predicted molar refractivity (Wildman–Crippen MR) is 69.4 cm³/mol. The van der Waals surface area contributed by atoms with Gasteiger partial charge in [-0.3, -0.25) is 0 Å². The molecule has 1 atom stereocenters. The van der Waals surface area contributed by atoms with Crippen molar-refractivity contribution in [3.05, 3.63) is 29.5 Å². The zero-order valence-corrected chi connectivity index (χ0v) is 10.3. The fourth-order valence-corrected chi connectivity index (χ4v) is 2.09. The third-order valence-corrected chi connectivity index (χ3v) is 3.29. The van der Waals surface area contributed by atoms with Crippen molar-refractivity contribution < 1.29 is 0 Å². The van der Waals surface area contributed by atoms with Crippen molar-refractivity contribution in [2.45, 2.75) is 20.3 Å². The molecule has 0 saturated heterocycles. The summed E-state index contributed by atoms with van der Waals surface area (Å²) < 4.78 is 0. The highest BCUT2D eigenvalue weighted by molar-refractivity contribution is 5.55. The van der Waals surface area contributed by atoms with Crippen molar-refractivity contribution in [3.63, 3.8) is 0 Å². The molecule has 0 saturated carbocycles. The summed E-state index contributed by atoms with van der Waals surface area (Å²) >= 11 is 0. The molecule has 1 aromatic rings. The van der Waals surface area contributed by atoms with Crippen LogP contribution in [0.25, 0.3) is 6.08 Å². The zero-order chi connectivity index (χ0) is 12.3. The van der Waals surface area contributed by atoms with Crippen LogP contribution in [-0.2, 0) is 6.42 Å². The van der Waals surface area contributed by atoms with E-state index in [4.69, 9.17) is 5.26 Å². The summed E-state index contributed by atoms with van der Waals surface area (Å²) in [6.45, 7) is 5.51. The van der Waals surface area contributed by atoms with Gasteiger partial charge in [0.1, 0.15) is 5.82 Å². The van der Waals surface area contributed by atoms with Gasteiger partial charge in [0, 0.05) is 12.6 Å². The minimum atomic E-state index is 0.685. The van der Waals surface area contributed by atoms with Gasteiger partial charge in [-0.05, 0) is 36.0 Å². The maximum Gasteiger partial charge on any atom is 0.129 e. The number of nitrogens with one attached hydrogen (secondary N) is 1. The van der Waals surface area contributed by atoms with Crippen molar-refractivity contribution in [1.29, 1.82) is 5.26 Å². The summed E-state index contributed by atoms with van der Waals surface area (Å²) in [6, 6.07) is 6.06. The van der Waals surface area contributed by atoms with E-state index in [1.54, 1.807) is 6.08 Å². The van der Waals surface area contributed by atoms with Crippen molar-refractivity contribution in [2.75, 3.05) is 11.9 Å². The molecule has 0 radical (unpaired) electrons. The molecule has 1 N–H and O–H groups in total. The number of hydrogen-bond donors (Lipinski definition) is 1. The number of hydrogen-bond acceptors (Lipinski definition) is 3. The summed E-state index contributed by atoms with van der Waals surface area (Å²) in [7, 11) is 0. The lowest BCUT2D eigenvalue weighted by Crippen LogP contribution is -2.27. The van der Waals surface area contributed by atoms with E-state index in [0.29, 0.717) is 11.8 Å².